The number of nitrogens with zero attached hydrogens (tertiary/aromatic N) is 3. The highest BCUT2D eigenvalue weighted by Gasteiger charge is 2.27. The molecule has 0 spiro atoms. The Kier molecular flexibility index (Phi) is 5.22. The summed E-state index contributed by atoms with van der Waals surface area (Å²) in [6.07, 6.45) is 4.29. The molecule has 27 heavy (non-hydrogen) atoms. The average Bonchev–Trinajstić information content (AvgIpc) is 3.03. The van der Waals surface area contributed by atoms with Crippen molar-refractivity contribution in [1.82, 2.24) is 15.0 Å². The number of aromatic hydroxyl groups is 1. The van der Waals surface area contributed by atoms with E-state index < -0.39 is 0 Å². The Balaban J connectivity index is 2.12. The summed E-state index contributed by atoms with van der Waals surface area (Å²) in [7, 11) is 0. The molecular formula is C22H27N3O2. The standard InChI is InChI=1S/C22H27N3O2/c1-6-12-27-13-11-16-15(2)14-19(21(26)20(16)22(3,4)5)25-23-17-9-7-8-10-18(17)24-25/h6-10,12,14,26H,11,13H2,1-5H3. The average molecular weight is 365 g/mol. The van der Waals surface area contributed by atoms with Gasteiger partial charge in [0.05, 0.1) is 12.9 Å². The monoisotopic (exact) mass is 365 g/mol. The van der Waals surface area contributed by atoms with Gasteiger partial charge in [0.2, 0.25) is 0 Å². The molecule has 5 nitrogen and oxygen atoms in total. The summed E-state index contributed by atoms with van der Waals surface area (Å²) < 4.78 is 5.51. The van der Waals surface area contributed by atoms with Gasteiger partial charge in [0.1, 0.15) is 22.5 Å². The van der Waals surface area contributed by atoms with E-state index in [9.17, 15) is 5.11 Å². The van der Waals surface area contributed by atoms with Crippen LogP contribution >= 0.6 is 0 Å². The predicted molar refractivity (Wildman–Crippen MR) is 108 cm³/mol. The molecule has 0 radical (unpaired) electrons. The number of benzene rings is 2. The fraction of sp³-hybridized carbons (Fsp3) is 0.364. The van der Waals surface area contributed by atoms with E-state index >= 15 is 0 Å². The van der Waals surface area contributed by atoms with Crippen molar-refractivity contribution < 1.29 is 9.84 Å². The molecule has 0 bridgehead atoms. The van der Waals surface area contributed by atoms with Crippen LogP contribution in [-0.2, 0) is 16.6 Å². The Bertz CT molecular complexity index is 948. The number of aryl methyl sites for hydroxylation is 1. The number of aromatic nitrogens is 3. The van der Waals surface area contributed by atoms with Crippen molar-refractivity contribution in [2.24, 2.45) is 0 Å². The molecule has 3 aromatic rings. The van der Waals surface area contributed by atoms with Crippen molar-refractivity contribution in [3.63, 3.8) is 0 Å². The Labute approximate surface area is 160 Å². The molecule has 142 valence electrons. The first-order valence-electron chi connectivity index (χ1n) is 9.24. The van der Waals surface area contributed by atoms with Gasteiger partial charge in [-0.2, -0.15) is 0 Å². The zero-order chi connectivity index (χ0) is 19.6. The van der Waals surface area contributed by atoms with Gasteiger partial charge in [-0.25, -0.2) is 0 Å². The topological polar surface area (TPSA) is 60.2 Å². The third-order valence-corrected chi connectivity index (χ3v) is 4.56. The molecule has 5 heteroatoms. The molecule has 0 aliphatic carbocycles. The lowest BCUT2D eigenvalue weighted by Crippen LogP contribution is -2.18. The van der Waals surface area contributed by atoms with Gasteiger partial charge in [0.15, 0.2) is 0 Å². The first kappa shape index (κ1) is 19.0. The Morgan fingerprint density at radius 3 is 2.33 bits per heavy atom. The minimum absolute atomic E-state index is 0.229. The molecule has 2 aromatic carbocycles. The van der Waals surface area contributed by atoms with Crippen molar-refractivity contribution in [2.75, 3.05) is 6.61 Å². The van der Waals surface area contributed by atoms with E-state index in [1.165, 1.54) is 4.80 Å². The largest absolute Gasteiger partial charge is 0.505 e. The fourth-order valence-corrected chi connectivity index (χ4v) is 3.40. The number of hydrogen-bond acceptors (Lipinski definition) is 4. The fourth-order valence-electron chi connectivity index (χ4n) is 3.40. The molecule has 1 aromatic heterocycles. The van der Waals surface area contributed by atoms with Gasteiger partial charge in [0, 0.05) is 12.0 Å². The molecule has 0 aliphatic heterocycles. The van der Waals surface area contributed by atoms with Crippen LogP contribution in [0.1, 0.15) is 44.4 Å². The minimum atomic E-state index is -0.229. The maximum absolute atomic E-state index is 11.2. The number of rotatable bonds is 5. The van der Waals surface area contributed by atoms with E-state index in [1.807, 2.05) is 43.3 Å². The highest BCUT2D eigenvalue weighted by Crippen LogP contribution is 2.39. The van der Waals surface area contributed by atoms with Crippen molar-refractivity contribution >= 4 is 11.0 Å². The van der Waals surface area contributed by atoms with Gasteiger partial charge in [-0.15, -0.1) is 15.0 Å². The lowest BCUT2D eigenvalue weighted by atomic mass is 9.80. The van der Waals surface area contributed by atoms with E-state index in [0.717, 1.165) is 34.1 Å². The first-order chi connectivity index (χ1) is 12.8. The second-order valence-electron chi connectivity index (χ2n) is 7.73. The first-order valence-corrected chi connectivity index (χ1v) is 9.24. The van der Waals surface area contributed by atoms with Crippen molar-refractivity contribution in [1.29, 1.82) is 0 Å². The Morgan fingerprint density at radius 1 is 1.15 bits per heavy atom. The van der Waals surface area contributed by atoms with E-state index in [4.69, 9.17) is 4.74 Å². The Hall–Kier alpha value is -2.82. The van der Waals surface area contributed by atoms with Crippen LogP contribution in [-0.4, -0.2) is 26.7 Å². The molecule has 0 saturated heterocycles. The second kappa shape index (κ2) is 7.43. The van der Waals surface area contributed by atoms with Crippen LogP contribution in [0.3, 0.4) is 0 Å². The van der Waals surface area contributed by atoms with Crippen LogP contribution in [0.4, 0.5) is 0 Å². The zero-order valence-corrected chi connectivity index (χ0v) is 16.7. The number of phenolic OH excluding ortho intramolecular Hbond substituents is 1. The van der Waals surface area contributed by atoms with Gasteiger partial charge in [0.25, 0.3) is 0 Å². The third-order valence-electron chi connectivity index (χ3n) is 4.56. The highest BCUT2D eigenvalue weighted by molar-refractivity contribution is 5.74. The van der Waals surface area contributed by atoms with Crippen molar-refractivity contribution in [3.05, 3.63) is 59.4 Å². The summed E-state index contributed by atoms with van der Waals surface area (Å²) >= 11 is 0. The van der Waals surface area contributed by atoms with E-state index in [1.54, 1.807) is 6.26 Å². The van der Waals surface area contributed by atoms with Gasteiger partial charge >= 0.3 is 0 Å². The maximum atomic E-state index is 11.2. The summed E-state index contributed by atoms with van der Waals surface area (Å²) in [5.41, 5.74) is 5.11. The third kappa shape index (κ3) is 3.82. The van der Waals surface area contributed by atoms with Crippen LogP contribution in [0.5, 0.6) is 5.75 Å². The smallest absolute Gasteiger partial charge is 0.147 e. The van der Waals surface area contributed by atoms with Gasteiger partial charge in [-0.3, -0.25) is 0 Å². The van der Waals surface area contributed by atoms with E-state index in [0.29, 0.717) is 12.3 Å². The maximum Gasteiger partial charge on any atom is 0.147 e. The van der Waals surface area contributed by atoms with Crippen molar-refractivity contribution in [3.8, 4) is 11.4 Å². The van der Waals surface area contributed by atoms with Gasteiger partial charge in [-0.05, 0) is 48.6 Å². The molecule has 1 heterocycles. The predicted octanol–water partition coefficient (Wildman–Crippen LogP) is 4.82. The van der Waals surface area contributed by atoms with Gasteiger partial charge < -0.3 is 9.84 Å². The molecular weight excluding hydrogens is 338 g/mol. The summed E-state index contributed by atoms with van der Waals surface area (Å²) in [5.74, 6) is 0.231. The molecule has 0 unspecified atom stereocenters. The number of hydrogen-bond donors (Lipinski definition) is 1. The lowest BCUT2D eigenvalue weighted by Gasteiger charge is -2.27. The molecule has 3 rings (SSSR count). The summed E-state index contributed by atoms with van der Waals surface area (Å²) in [6, 6.07) is 9.65. The van der Waals surface area contributed by atoms with E-state index in [2.05, 4.69) is 37.9 Å². The quantitative estimate of drug-likeness (QED) is 0.520. The van der Waals surface area contributed by atoms with Crippen LogP contribution < -0.4 is 0 Å². The minimum Gasteiger partial charge on any atom is -0.505 e. The number of phenols is 1. The molecule has 0 fully saturated rings. The summed E-state index contributed by atoms with van der Waals surface area (Å²) in [5, 5.41) is 20.2. The highest BCUT2D eigenvalue weighted by atomic mass is 16.5. The Morgan fingerprint density at radius 2 is 1.78 bits per heavy atom. The SMILES string of the molecule is CC=COCCc1c(C)cc(-n2nc3ccccc3n2)c(O)c1C(C)(C)C. The van der Waals surface area contributed by atoms with Crippen LogP contribution in [0.25, 0.3) is 16.7 Å². The normalized spacial score (nSPS) is 12.2. The summed E-state index contributed by atoms with van der Waals surface area (Å²) in [4.78, 5) is 1.53. The molecule has 0 amide bonds. The lowest BCUT2D eigenvalue weighted by molar-refractivity contribution is 0.252. The molecule has 0 aliphatic rings. The number of ether oxygens (including phenoxy) is 1. The molecule has 0 saturated carbocycles. The molecule has 0 atom stereocenters. The molecule has 1 N–H and O–H groups in total. The summed E-state index contributed by atoms with van der Waals surface area (Å²) in [6.45, 7) is 10.9. The van der Waals surface area contributed by atoms with Crippen molar-refractivity contribution in [2.45, 2.75) is 46.5 Å². The van der Waals surface area contributed by atoms with Crippen LogP contribution in [0.2, 0.25) is 0 Å². The second-order valence-corrected chi connectivity index (χ2v) is 7.73. The van der Waals surface area contributed by atoms with Crippen LogP contribution in [0, 0.1) is 6.92 Å². The zero-order valence-electron chi connectivity index (χ0n) is 16.7. The number of allylic oxidation sites excluding steroid dienone is 1. The van der Waals surface area contributed by atoms with Crippen LogP contribution in [0.15, 0.2) is 42.7 Å². The number of fused-ring (bicyclic) bond motifs is 1. The van der Waals surface area contributed by atoms with E-state index in [-0.39, 0.29) is 11.2 Å². The van der Waals surface area contributed by atoms with Gasteiger partial charge in [-0.1, -0.05) is 39.0 Å².